The minimum atomic E-state index is -0.484. The molecule has 1 aromatic carbocycles. The van der Waals surface area contributed by atoms with Crippen molar-refractivity contribution in [3.8, 4) is 16.3 Å². The molecule has 0 fully saturated rings. The van der Waals surface area contributed by atoms with Crippen LogP contribution in [-0.4, -0.2) is 20.0 Å². The summed E-state index contributed by atoms with van der Waals surface area (Å²) in [5.41, 5.74) is -0.133. The molecule has 9 heteroatoms. The molecular weight excluding hydrogens is 379 g/mol. The number of hydrogen-bond acceptors (Lipinski definition) is 6. The normalized spacial score (nSPS) is 11.6. The summed E-state index contributed by atoms with van der Waals surface area (Å²) >= 11 is 7.43. The fraction of sp³-hybridized carbons (Fsp3) is 0.294. The van der Waals surface area contributed by atoms with Crippen LogP contribution in [0.25, 0.3) is 10.6 Å². The smallest absolute Gasteiger partial charge is 0.289 e. The van der Waals surface area contributed by atoms with Crippen LogP contribution in [0.1, 0.15) is 25.8 Å². The van der Waals surface area contributed by atoms with Crippen molar-refractivity contribution in [3.05, 3.63) is 56.7 Å². The summed E-state index contributed by atoms with van der Waals surface area (Å²) < 4.78 is 19.9. The summed E-state index contributed by atoms with van der Waals surface area (Å²) in [5.74, 6) is -0.121. The van der Waals surface area contributed by atoms with Gasteiger partial charge >= 0.3 is 0 Å². The standard InChI is InChI=1S/C17H16ClFN4O2S/c1-17(2,3)23-16(24)14(18)12(8-20-23)25-9-13-21-22-15(26-13)10-4-6-11(19)7-5-10/h4-8H,9H2,1-3H3. The molecule has 0 atom stereocenters. The molecule has 26 heavy (non-hydrogen) atoms. The number of ether oxygens (including phenoxy) is 1. The largest absolute Gasteiger partial charge is 0.483 e. The van der Waals surface area contributed by atoms with E-state index in [0.717, 1.165) is 5.56 Å². The first-order valence-electron chi connectivity index (χ1n) is 7.75. The molecular formula is C17H16ClFN4O2S. The Hall–Kier alpha value is -2.32. The summed E-state index contributed by atoms with van der Waals surface area (Å²) in [6, 6.07) is 5.99. The molecule has 0 aliphatic carbocycles. The van der Waals surface area contributed by atoms with Gasteiger partial charge in [0.1, 0.15) is 17.4 Å². The third-order valence-corrected chi connectivity index (χ3v) is 4.73. The Kier molecular flexibility index (Phi) is 5.06. The van der Waals surface area contributed by atoms with Gasteiger partial charge in [0.15, 0.2) is 15.8 Å². The lowest BCUT2D eigenvalue weighted by molar-refractivity contribution is 0.291. The Balaban J connectivity index is 1.75. The van der Waals surface area contributed by atoms with Gasteiger partial charge in [0.05, 0.1) is 11.7 Å². The van der Waals surface area contributed by atoms with Crippen molar-refractivity contribution in [2.45, 2.75) is 32.9 Å². The van der Waals surface area contributed by atoms with Crippen molar-refractivity contribution < 1.29 is 9.13 Å². The highest BCUT2D eigenvalue weighted by molar-refractivity contribution is 7.14. The summed E-state index contributed by atoms with van der Waals surface area (Å²) in [7, 11) is 0. The lowest BCUT2D eigenvalue weighted by Gasteiger charge is -2.21. The molecule has 0 saturated heterocycles. The second kappa shape index (κ2) is 7.13. The Morgan fingerprint density at radius 2 is 1.92 bits per heavy atom. The van der Waals surface area contributed by atoms with E-state index in [1.165, 1.54) is 34.3 Å². The number of nitrogens with zero attached hydrogens (tertiary/aromatic N) is 4. The average Bonchev–Trinajstić information content (AvgIpc) is 3.04. The van der Waals surface area contributed by atoms with E-state index < -0.39 is 11.1 Å². The monoisotopic (exact) mass is 394 g/mol. The fourth-order valence-electron chi connectivity index (χ4n) is 2.16. The number of aromatic nitrogens is 4. The zero-order valence-electron chi connectivity index (χ0n) is 14.4. The Morgan fingerprint density at radius 1 is 1.23 bits per heavy atom. The summed E-state index contributed by atoms with van der Waals surface area (Å²) in [6.45, 7) is 5.67. The van der Waals surface area contributed by atoms with E-state index in [9.17, 15) is 9.18 Å². The fourth-order valence-corrected chi connectivity index (χ4v) is 3.10. The molecule has 2 heterocycles. The van der Waals surface area contributed by atoms with Gasteiger partial charge in [0.25, 0.3) is 5.56 Å². The molecule has 3 rings (SSSR count). The minimum absolute atomic E-state index is 0.0294. The predicted octanol–water partition coefficient (Wildman–Crippen LogP) is 3.89. The van der Waals surface area contributed by atoms with Crippen LogP contribution in [-0.2, 0) is 12.1 Å². The van der Waals surface area contributed by atoms with Crippen molar-refractivity contribution in [2.24, 2.45) is 0 Å². The van der Waals surface area contributed by atoms with Crippen LogP contribution in [0, 0.1) is 5.82 Å². The number of hydrogen-bond donors (Lipinski definition) is 0. The minimum Gasteiger partial charge on any atom is -0.483 e. The third-order valence-electron chi connectivity index (χ3n) is 3.43. The van der Waals surface area contributed by atoms with Crippen LogP contribution in [0.3, 0.4) is 0 Å². The molecule has 0 amide bonds. The topological polar surface area (TPSA) is 69.9 Å². The summed E-state index contributed by atoms with van der Waals surface area (Å²) in [4.78, 5) is 12.3. The van der Waals surface area contributed by atoms with Crippen molar-refractivity contribution in [1.29, 1.82) is 0 Å². The molecule has 0 aliphatic heterocycles. The van der Waals surface area contributed by atoms with Gasteiger partial charge in [-0.2, -0.15) is 5.10 Å². The molecule has 0 saturated carbocycles. The summed E-state index contributed by atoms with van der Waals surface area (Å²) in [6.07, 6.45) is 1.41. The SMILES string of the molecule is CC(C)(C)n1ncc(OCc2nnc(-c3ccc(F)cc3)s2)c(Cl)c1=O. The van der Waals surface area contributed by atoms with E-state index in [2.05, 4.69) is 15.3 Å². The molecule has 2 aromatic heterocycles. The molecule has 136 valence electrons. The number of benzene rings is 1. The van der Waals surface area contributed by atoms with E-state index in [4.69, 9.17) is 16.3 Å². The van der Waals surface area contributed by atoms with Crippen LogP contribution < -0.4 is 10.3 Å². The van der Waals surface area contributed by atoms with E-state index in [1.54, 1.807) is 12.1 Å². The zero-order valence-corrected chi connectivity index (χ0v) is 15.9. The molecule has 0 spiro atoms. The molecule has 3 aromatic rings. The van der Waals surface area contributed by atoms with Crippen molar-refractivity contribution in [3.63, 3.8) is 0 Å². The average molecular weight is 395 g/mol. The van der Waals surface area contributed by atoms with Gasteiger partial charge in [-0.1, -0.05) is 22.9 Å². The maximum absolute atomic E-state index is 13.0. The van der Waals surface area contributed by atoms with Crippen molar-refractivity contribution in [1.82, 2.24) is 20.0 Å². The number of rotatable bonds is 4. The van der Waals surface area contributed by atoms with Crippen LogP contribution in [0.4, 0.5) is 4.39 Å². The molecule has 0 radical (unpaired) electrons. The number of halogens is 2. The van der Waals surface area contributed by atoms with Gasteiger partial charge in [0.2, 0.25) is 0 Å². The van der Waals surface area contributed by atoms with Crippen molar-refractivity contribution in [2.75, 3.05) is 0 Å². The Bertz CT molecular complexity index is 980. The Labute approximate surface area is 158 Å². The van der Waals surface area contributed by atoms with Gasteiger partial charge in [0, 0.05) is 5.56 Å². The van der Waals surface area contributed by atoms with Gasteiger partial charge < -0.3 is 4.74 Å². The second-order valence-electron chi connectivity index (χ2n) is 6.51. The first-order valence-corrected chi connectivity index (χ1v) is 8.94. The lowest BCUT2D eigenvalue weighted by Crippen LogP contribution is -2.36. The van der Waals surface area contributed by atoms with E-state index in [0.29, 0.717) is 10.0 Å². The highest BCUT2D eigenvalue weighted by atomic mass is 35.5. The first-order chi connectivity index (χ1) is 12.3. The van der Waals surface area contributed by atoms with E-state index >= 15 is 0 Å². The van der Waals surface area contributed by atoms with Crippen LogP contribution in [0.2, 0.25) is 5.02 Å². The molecule has 6 nitrogen and oxygen atoms in total. The third kappa shape index (κ3) is 3.91. The van der Waals surface area contributed by atoms with Crippen LogP contribution in [0.15, 0.2) is 35.3 Å². The Morgan fingerprint density at radius 3 is 2.58 bits per heavy atom. The second-order valence-corrected chi connectivity index (χ2v) is 7.95. The van der Waals surface area contributed by atoms with Gasteiger partial charge in [-0.3, -0.25) is 4.79 Å². The maximum Gasteiger partial charge on any atom is 0.289 e. The van der Waals surface area contributed by atoms with Gasteiger partial charge in [-0.05, 0) is 45.0 Å². The molecule has 0 bridgehead atoms. The summed E-state index contributed by atoms with van der Waals surface area (Å²) in [5, 5.41) is 13.4. The van der Waals surface area contributed by atoms with Crippen molar-refractivity contribution >= 4 is 22.9 Å². The molecule has 0 N–H and O–H groups in total. The molecule has 0 aliphatic rings. The zero-order chi connectivity index (χ0) is 18.9. The van der Waals surface area contributed by atoms with Gasteiger partial charge in [-0.15, -0.1) is 10.2 Å². The highest BCUT2D eigenvalue weighted by Gasteiger charge is 2.20. The maximum atomic E-state index is 13.0. The lowest BCUT2D eigenvalue weighted by atomic mass is 10.1. The van der Waals surface area contributed by atoms with E-state index in [-0.39, 0.29) is 23.2 Å². The first kappa shape index (κ1) is 18.5. The van der Waals surface area contributed by atoms with E-state index in [1.807, 2.05) is 20.8 Å². The molecule has 0 unspecified atom stereocenters. The van der Waals surface area contributed by atoms with Crippen LogP contribution >= 0.6 is 22.9 Å². The van der Waals surface area contributed by atoms with Crippen LogP contribution in [0.5, 0.6) is 5.75 Å². The predicted molar refractivity (Wildman–Crippen MR) is 98.1 cm³/mol. The van der Waals surface area contributed by atoms with Gasteiger partial charge in [-0.25, -0.2) is 9.07 Å². The quantitative estimate of drug-likeness (QED) is 0.671. The highest BCUT2D eigenvalue weighted by Crippen LogP contribution is 2.26.